The second kappa shape index (κ2) is 10.0. The van der Waals surface area contributed by atoms with Gasteiger partial charge in [0.2, 0.25) is 0 Å². The Hall–Kier alpha value is -1.94. The topological polar surface area (TPSA) is 26.7 Å². The Balaban J connectivity index is 1.83. The summed E-state index contributed by atoms with van der Waals surface area (Å²) < 4.78 is 0. The lowest BCUT2D eigenvalue weighted by molar-refractivity contribution is 0.0815. The molecule has 0 heterocycles. The molecule has 0 radical (unpaired) electrons. The highest BCUT2D eigenvalue weighted by Gasteiger charge is 2.13. The summed E-state index contributed by atoms with van der Waals surface area (Å²) in [6, 6.07) is 20.7. The Labute approximate surface area is 145 Å². The number of aliphatic hydroxyl groups excluding tert-OH is 1. The number of rotatable bonds is 10. The van der Waals surface area contributed by atoms with E-state index in [2.05, 4.69) is 40.6 Å². The Kier molecular flexibility index (Phi) is 7.69. The molecule has 24 heavy (non-hydrogen) atoms. The number of benzene rings is 2. The van der Waals surface area contributed by atoms with Gasteiger partial charge >= 0.3 is 0 Å². The lowest BCUT2D eigenvalue weighted by atomic mass is 10.2. The second-order valence-corrected chi connectivity index (χ2v) is 6.30. The monoisotopic (exact) mass is 324 g/mol. The van der Waals surface area contributed by atoms with Crippen LogP contribution in [0, 0.1) is 0 Å². The van der Waals surface area contributed by atoms with E-state index in [1.165, 1.54) is 11.1 Å². The Bertz CT molecular complexity index is 585. The highest BCUT2D eigenvalue weighted by molar-refractivity contribution is 5.15. The fourth-order valence-electron chi connectivity index (χ4n) is 2.90. The molecule has 0 aliphatic rings. The SMILES string of the molecule is C=CCN(Cc1ccccc1)CC(O)CN(C)Cc1ccccc1. The third-order valence-corrected chi connectivity index (χ3v) is 3.92. The molecule has 0 saturated carbocycles. The number of likely N-dealkylation sites (N-methyl/N-ethyl adjacent to an activating group) is 1. The van der Waals surface area contributed by atoms with E-state index in [1.54, 1.807) is 0 Å². The summed E-state index contributed by atoms with van der Waals surface area (Å²) in [7, 11) is 2.05. The minimum Gasteiger partial charge on any atom is -0.390 e. The van der Waals surface area contributed by atoms with E-state index < -0.39 is 0 Å². The van der Waals surface area contributed by atoms with Gasteiger partial charge in [-0.2, -0.15) is 0 Å². The second-order valence-electron chi connectivity index (χ2n) is 6.30. The Morgan fingerprint density at radius 3 is 2.00 bits per heavy atom. The minimum atomic E-state index is -0.387. The van der Waals surface area contributed by atoms with Crippen LogP contribution in [-0.4, -0.2) is 47.7 Å². The van der Waals surface area contributed by atoms with Gasteiger partial charge in [0, 0.05) is 32.7 Å². The van der Waals surface area contributed by atoms with Gasteiger partial charge in [-0.1, -0.05) is 66.7 Å². The average Bonchev–Trinajstić information content (AvgIpc) is 2.56. The first-order valence-electron chi connectivity index (χ1n) is 8.45. The zero-order chi connectivity index (χ0) is 17.2. The van der Waals surface area contributed by atoms with Crippen LogP contribution in [0.2, 0.25) is 0 Å². The third kappa shape index (κ3) is 6.67. The van der Waals surface area contributed by atoms with E-state index in [-0.39, 0.29) is 6.10 Å². The maximum absolute atomic E-state index is 10.5. The van der Waals surface area contributed by atoms with Crippen molar-refractivity contribution >= 4 is 0 Å². The van der Waals surface area contributed by atoms with E-state index in [9.17, 15) is 5.11 Å². The van der Waals surface area contributed by atoms with Crippen molar-refractivity contribution in [2.45, 2.75) is 19.2 Å². The number of hydrogen-bond acceptors (Lipinski definition) is 3. The molecule has 1 unspecified atom stereocenters. The smallest absolute Gasteiger partial charge is 0.0794 e. The molecule has 0 bridgehead atoms. The number of aliphatic hydroxyl groups is 1. The molecule has 3 heteroatoms. The summed E-state index contributed by atoms with van der Waals surface area (Å²) in [5.41, 5.74) is 2.52. The molecule has 0 aromatic heterocycles. The van der Waals surface area contributed by atoms with Gasteiger partial charge < -0.3 is 5.11 Å². The maximum atomic E-state index is 10.5. The van der Waals surface area contributed by atoms with Crippen molar-refractivity contribution in [1.82, 2.24) is 9.80 Å². The Morgan fingerprint density at radius 2 is 1.46 bits per heavy atom. The van der Waals surface area contributed by atoms with E-state index in [1.807, 2.05) is 49.5 Å². The van der Waals surface area contributed by atoms with Gasteiger partial charge in [0.25, 0.3) is 0 Å². The van der Waals surface area contributed by atoms with Crippen LogP contribution in [0.4, 0.5) is 0 Å². The molecule has 2 aromatic carbocycles. The highest BCUT2D eigenvalue weighted by atomic mass is 16.3. The zero-order valence-corrected chi connectivity index (χ0v) is 14.5. The minimum absolute atomic E-state index is 0.387. The van der Waals surface area contributed by atoms with Gasteiger partial charge in [0.15, 0.2) is 0 Å². The predicted molar refractivity (Wildman–Crippen MR) is 101 cm³/mol. The van der Waals surface area contributed by atoms with Crippen LogP contribution >= 0.6 is 0 Å². The average molecular weight is 324 g/mol. The van der Waals surface area contributed by atoms with Crippen molar-refractivity contribution in [3.63, 3.8) is 0 Å². The standard InChI is InChI=1S/C21H28N2O/c1-3-14-23(16-20-12-8-5-9-13-20)18-21(24)17-22(2)15-19-10-6-4-7-11-19/h3-13,21,24H,1,14-18H2,2H3. The fraction of sp³-hybridized carbons (Fsp3) is 0.333. The first-order valence-corrected chi connectivity index (χ1v) is 8.45. The van der Waals surface area contributed by atoms with Crippen LogP contribution < -0.4 is 0 Å². The van der Waals surface area contributed by atoms with Crippen LogP contribution in [0.15, 0.2) is 73.3 Å². The Morgan fingerprint density at radius 1 is 0.917 bits per heavy atom. The van der Waals surface area contributed by atoms with E-state index in [0.717, 1.165) is 19.6 Å². The van der Waals surface area contributed by atoms with Crippen molar-refractivity contribution in [2.75, 3.05) is 26.7 Å². The van der Waals surface area contributed by atoms with Crippen LogP contribution in [0.25, 0.3) is 0 Å². The largest absolute Gasteiger partial charge is 0.390 e. The molecular weight excluding hydrogens is 296 g/mol. The van der Waals surface area contributed by atoms with Crippen molar-refractivity contribution in [1.29, 1.82) is 0 Å². The molecule has 1 N–H and O–H groups in total. The summed E-state index contributed by atoms with van der Waals surface area (Å²) in [6.45, 7) is 7.56. The molecule has 0 aliphatic carbocycles. The molecule has 0 aliphatic heterocycles. The lowest BCUT2D eigenvalue weighted by Crippen LogP contribution is -2.38. The van der Waals surface area contributed by atoms with Gasteiger partial charge in [-0.05, 0) is 18.2 Å². The summed E-state index contributed by atoms with van der Waals surface area (Å²) in [6.07, 6.45) is 1.51. The van der Waals surface area contributed by atoms with Gasteiger partial charge in [-0.25, -0.2) is 0 Å². The van der Waals surface area contributed by atoms with E-state index >= 15 is 0 Å². The molecule has 0 fully saturated rings. The first kappa shape index (κ1) is 18.4. The van der Waals surface area contributed by atoms with Gasteiger partial charge in [0.05, 0.1) is 6.10 Å². The molecular formula is C21H28N2O. The molecule has 128 valence electrons. The molecule has 0 amide bonds. The first-order chi connectivity index (χ1) is 11.7. The van der Waals surface area contributed by atoms with E-state index in [0.29, 0.717) is 13.1 Å². The van der Waals surface area contributed by atoms with Crippen LogP contribution in [0.3, 0.4) is 0 Å². The van der Waals surface area contributed by atoms with Gasteiger partial charge in [-0.15, -0.1) is 6.58 Å². The van der Waals surface area contributed by atoms with E-state index in [4.69, 9.17) is 0 Å². The molecule has 2 rings (SSSR count). The van der Waals surface area contributed by atoms with Crippen molar-refractivity contribution in [2.24, 2.45) is 0 Å². The summed E-state index contributed by atoms with van der Waals surface area (Å²) in [5.74, 6) is 0. The zero-order valence-electron chi connectivity index (χ0n) is 14.5. The summed E-state index contributed by atoms with van der Waals surface area (Å²) in [5, 5.41) is 10.5. The highest BCUT2D eigenvalue weighted by Crippen LogP contribution is 2.07. The van der Waals surface area contributed by atoms with Crippen molar-refractivity contribution in [3.05, 3.63) is 84.4 Å². The van der Waals surface area contributed by atoms with Gasteiger partial charge in [-0.3, -0.25) is 9.80 Å². The maximum Gasteiger partial charge on any atom is 0.0794 e. The molecule has 1 atom stereocenters. The van der Waals surface area contributed by atoms with Crippen molar-refractivity contribution in [3.8, 4) is 0 Å². The third-order valence-electron chi connectivity index (χ3n) is 3.92. The quantitative estimate of drug-likeness (QED) is 0.680. The van der Waals surface area contributed by atoms with Crippen LogP contribution in [-0.2, 0) is 13.1 Å². The molecule has 0 saturated heterocycles. The molecule has 2 aromatic rings. The van der Waals surface area contributed by atoms with Gasteiger partial charge in [0.1, 0.15) is 0 Å². The molecule has 0 spiro atoms. The summed E-state index contributed by atoms with van der Waals surface area (Å²) in [4.78, 5) is 4.39. The number of hydrogen-bond donors (Lipinski definition) is 1. The van der Waals surface area contributed by atoms with Crippen LogP contribution in [0.5, 0.6) is 0 Å². The molecule has 3 nitrogen and oxygen atoms in total. The summed E-state index contributed by atoms with van der Waals surface area (Å²) >= 11 is 0. The predicted octanol–water partition coefficient (Wildman–Crippen LogP) is 3.17. The fourth-order valence-corrected chi connectivity index (χ4v) is 2.90. The van der Waals surface area contributed by atoms with Crippen molar-refractivity contribution < 1.29 is 5.11 Å². The number of nitrogens with zero attached hydrogens (tertiary/aromatic N) is 2. The van der Waals surface area contributed by atoms with Crippen LogP contribution in [0.1, 0.15) is 11.1 Å². The normalized spacial score (nSPS) is 12.5. The lowest BCUT2D eigenvalue weighted by Gasteiger charge is -2.27.